The highest BCUT2D eigenvalue weighted by Gasteiger charge is 2.40. The highest BCUT2D eigenvalue weighted by atomic mass is 35.5. The average Bonchev–Trinajstić information content (AvgIpc) is 2.74. The Balaban J connectivity index is 0.00000109. The number of carbonyl (C=O) groups is 1. The molecule has 2 aromatic rings. The van der Waals surface area contributed by atoms with Crippen LogP contribution in [0.1, 0.15) is 37.0 Å². The minimum atomic E-state index is -4.42. The number of rotatable bonds is 1. The second-order valence-corrected chi connectivity index (χ2v) is 6.13. The van der Waals surface area contributed by atoms with E-state index in [0.717, 1.165) is 17.7 Å². The first-order valence-corrected chi connectivity index (χ1v) is 8.44. The Labute approximate surface area is 150 Å². The van der Waals surface area contributed by atoms with Crippen LogP contribution in [0.3, 0.4) is 0 Å². The van der Waals surface area contributed by atoms with Gasteiger partial charge in [-0.3, -0.25) is 4.79 Å². The SMILES string of the molecule is CC.O=C1Nc2ccccc2CCC1(Cl)c1ccc(C(F)(F)F)cc1. The van der Waals surface area contributed by atoms with Crippen molar-refractivity contribution in [1.29, 1.82) is 0 Å². The van der Waals surface area contributed by atoms with Crippen LogP contribution in [0.15, 0.2) is 48.5 Å². The van der Waals surface area contributed by atoms with Crippen molar-refractivity contribution in [3.05, 3.63) is 65.2 Å². The first-order chi connectivity index (χ1) is 11.8. The predicted octanol–water partition coefficient (Wildman–Crippen LogP) is 5.75. The Morgan fingerprint density at radius 3 is 2.24 bits per heavy atom. The van der Waals surface area contributed by atoms with E-state index >= 15 is 0 Å². The number of hydrogen-bond acceptors (Lipinski definition) is 1. The third-order valence-electron chi connectivity index (χ3n) is 4.03. The van der Waals surface area contributed by atoms with Crippen LogP contribution in [0, 0.1) is 0 Å². The molecule has 2 nitrogen and oxygen atoms in total. The quantitative estimate of drug-likeness (QED) is 0.637. The number of benzene rings is 2. The highest BCUT2D eigenvalue weighted by Crippen LogP contribution is 2.40. The van der Waals surface area contributed by atoms with Gasteiger partial charge in [-0.2, -0.15) is 13.2 Å². The van der Waals surface area contributed by atoms with Gasteiger partial charge in [0, 0.05) is 5.69 Å². The van der Waals surface area contributed by atoms with Crippen LogP contribution >= 0.6 is 11.6 Å². The van der Waals surface area contributed by atoms with Gasteiger partial charge in [-0.25, -0.2) is 0 Å². The van der Waals surface area contributed by atoms with Crippen LogP contribution < -0.4 is 5.32 Å². The molecule has 0 saturated carbocycles. The molecule has 0 radical (unpaired) electrons. The number of carbonyl (C=O) groups excluding carboxylic acids is 1. The van der Waals surface area contributed by atoms with E-state index < -0.39 is 22.5 Å². The van der Waals surface area contributed by atoms with E-state index in [0.29, 0.717) is 24.1 Å². The van der Waals surface area contributed by atoms with Crippen molar-refractivity contribution in [2.75, 3.05) is 5.32 Å². The molecule has 0 aromatic heterocycles. The molecule has 134 valence electrons. The Hall–Kier alpha value is -2.01. The maximum atomic E-state index is 12.7. The van der Waals surface area contributed by atoms with Gasteiger partial charge >= 0.3 is 6.18 Å². The number of nitrogens with one attached hydrogen (secondary N) is 1. The topological polar surface area (TPSA) is 29.1 Å². The fourth-order valence-corrected chi connectivity index (χ4v) is 2.97. The van der Waals surface area contributed by atoms with E-state index in [2.05, 4.69) is 5.32 Å². The first kappa shape index (κ1) is 19.3. The predicted molar refractivity (Wildman–Crippen MR) is 93.7 cm³/mol. The van der Waals surface area contributed by atoms with Crippen LogP contribution in [-0.2, 0) is 22.3 Å². The Kier molecular flexibility index (Phi) is 5.78. The summed E-state index contributed by atoms with van der Waals surface area (Å²) in [7, 11) is 0. The van der Waals surface area contributed by atoms with Crippen molar-refractivity contribution in [3.8, 4) is 0 Å². The number of fused-ring (bicyclic) bond motifs is 1. The third-order valence-corrected chi connectivity index (χ3v) is 4.61. The molecule has 1 aliphatic heterocycles. The molecule has 1 N–H and O–H groups in total. The summed E-state index contributed by atoms with van der Waals surface area (Å²) >= 11 is 6.52. The van der Waals surface area contributed by atoms with E-state index in [1.54, 1.807) is 12.1 Å². The maximum absolute atomic E-state index is 12.7. The van der Waals surface area contributed by atoms with E-state index in [-0.39, 0.29) is 0 Å². The van der Waals surface area contributed by atoms with E-state index in [1.807, 2.05) is 26.0 Å². The lowest BCUT2D eigenvalue weighted by molar-refractivity contribution is -0.137. The first-order valence-electron chi connectivity index (χ1n) is 8.07. The number of para-hydroxylation sites is 1. The van der Waals surface area contributed by atoms with Crippen LogP contribution in [0.4, 0.5) is 18.9 Å². The smallest absolute Gasteiger partial charge is 0.324 e. The summed E-state index contributed by atoms with van der Waals surface area (Å²) in [5.74, 6) is -0.427. The maximum Gasteiger partial charge on any atom is 0.416 e. The van der Waals surface area contributed by atoms with Crippen molar-refractivity contribution < 1.29 is 18.0 Å². The Morgan fingerprint density at radius 1 is 1.04 bits per heavy atom. The van der Waals surface area contributed by atoms with Gasteiger partial charge in [0.05, 0.1) is 5.56 Å². The zero-order valence-electron chi connectivity index (χ0n) is 14.0. The molecule has 2 aromatic carbocycles. The second kappa shape index (κ2) is 7.48. The van der Waals surface area contributed by atoms with Crippen molar-refractivity contribution in [2.24, 2.45) is 0 Å². The molecule has 0 spiro atoms. The summed E-state index contributed by atoms with van der Waals surface area (Å²) < 4.78 is 38.0. The van der Waals surface area contributed by atoms with Crippen LogP contribution in [-0.4, -0.2) is 5.91 Å². The fraction of sp³-hybridized carbons (Fsp3) is 0.316. The second-order valence-electron chi connectivity index (χ2n) is 5.49. The van der Waals surface area contributed by atoms with Crippen LogP contribution in [0.25, 0.3) is 0 Å². The number of alkyl halides is 4. The number of halogens is 4. The zero-order valence-corrected chi connectivity index (χ0v) is 14.7. The summed E-state index contributed by atoms with van der Waals surface area (Å²) in [6, 6.07) is 11.8. The molecule has 0 saturated heterocycles. The summed E-state index contributed by atoms with van der Waals surface area (Å²) in [5, 5.41) is 2.76. The van der Waals surface area contributed by atoms with Gasteiger partial charge in [-0.1, -0.05) is 44.2 Å². The summed E-state index contributed by atoms with van der Waals surface area (Å²) in [6.45, 7) is 4.00. The zero-order chi connectivity index (χ0) is 18.7. The molecule has 1 amide bonds. The number of hydrogen-bond donors (Lipinski definition) is 1. The summed E-state index contributed by atoms with van der Waals surface area (Å²) in [6.07, 6.45) is -3.55. The molecule has 0 fully saturated rings. The highest BCUT2D eigenvalue weighted by molar-refractivity contribution is 6.36. The van der Waals surface area contributed by atoms with Gasteiger partial charge in [-0.05, 0) is 42.2 Å². The molecule has 6 heteroatoms. The molecule has 1 unspecified atom stereocenters. The molecular weight excluding hydrogens is 351 g/mol. The van der Waals surface area contributed by atoms with Crippen molar-refractivity contribution in [3.63, 3.8) is 0 Å². The number of amides is 1. The van der Waals surface area contributed by atoms with Crippen molar-refractivity contribution in [2.45, 2.75) is 37.7 Å². The largest absolute Gasteiger partial charge is 0.416 e. The summed E-state index contributed by atoms with van der Waals surface area (Å²) in [4.78, 5) is 11.1. The van der Waals surface area contributed by atoms with Gasteiger partial charge in [-0.15, -0.1) is 11.6 Å². The Morgan fingerprint density at radius 2 is 1.64 bits per heavy atom. The minimum absolute atomic E-state index is 0.308. The number of anilines is 1. The number of aryl methyl sites for hydroxylation is 1. The van der Waals surface area contributed by atoms with E-state index in [1.165, 1.54) is 12.1 Å². The third kappa shape index (κ3) is 3.98. The normalized spacial score (nSPS) is 19.8. The lowest BCUT2D eigenvalue weighted by atomic mass is 9.91. The monoisotopic (exact) mass is 369 g/mol. The average molecular weight is 370 g/mol. The lowest BCUT2D eigenvalue weighted by Gasteiger charge is -2.24. The molecule has 1 heterocycles. The lowest BCUT2D eigenvalue weighted by Crippen LogP contribution is -2.34. The van der Waals surface area contributed by atoms with Crippen LogP contribution in [0.5, 0.6) is 0 Å². The van der Waals surface area contributed by atoms with Crippen molar-refractivity contribution in [1.82, 2.24) is 0 Å². The molecule has 3 rings (SSSR count). The van der Waals surface area contributed by atoms with Gasteiger partial charge < -0.3 is 5.32 Å². The van der Waals surface area contributed by atoms with Crippen molar-refractivity contribution >= 4 is 23.2 Å². The van der Waals surface area contributed by atoms with Gasteiger partial charge in [0.2, 0.25) is 5.91 Å². The minimum Gasteiger partial charge on any atom is -0.324 e. The van der Waals surface area contributed by atoms with E-state index in [4.69, 9.17) is 11.6 Å². The van der Waals surface area contributed by atoms with E-state index in [9.17, 15) is 18.0 Å². The molecular formula is C19H19ClF3NO. The Bertz CT molecular complexity index is 743. The van der Waals surface area contributed by atoms with Crippen LogP contribution in [0.2, 0.25) is 0 Å². The molecule has 1 aliphatic rings. The molecule has 0 aliphatic carbocycles. The fourth-order valence-electron chi connectivity index (χ4n) is 2.70. The molecule has 1 atom stereocenters. The summed E-state index contributed by atoms with van der Waals surface area (Å²) in [5.41, 5.74) is 1.23. The van der Waals surface area contributed by atoms with Gasteiger partial charge in [0.15, 0.2) is 0 Å². The van der Waals surface area contributed by atoms with Gasteiger partial charge in [0.1, 0.15) is 4.87 Å². The molecule has 25 heavy (non-hydrogen) atoms. The van der Waals surface area contributed by atoms with Gasteiger partial charge in [0.25, 0.3) is 0 Å². The standard InChI is InChI=1S/C17H13ClF3NO.C2H6/c18-16(12-5-7-13(8-6-12)17(19,20)21)10-9-11-3-1-2-4-14(11)22-15(16)23;1-2/h1-8H,9-10H2,(H,22,23);1-2H3. The molecule has 0 bridgehead atoms.